The van der Waals surface area contributed by atoms with Crippen molar-refractivity contribution in [3.63, 3.8) is 0 Å². The zero-order valence-corrected chi connectivity index (χ0v) is 9.83. The van der Waals surface area contributed by atoms with Crippen LogP contribution < -0.4 is 0 Å². The van der Waals surface area contributed by atoms with Crippen molar-refractivity contribution in [2.75, 3.05) is 6.61 Å². The molecule has 0 fully saturated rings. The highest BCUT2D eigenvalue weighted by molar-refractivity contribution is 7.94. The largest absolute Gasteiger partial charge is 0.462 e. The first kappa shape index (κ1) is 16.2. The molecule has 0 aliphatic rings. The summed E-state index contributed by atoms with van der Waals surface area (Å²) in [7, 11) is 0. The molecule has 0 bridgehead atoms. The molecule has 3 nitrogen and oxygen atoms in total. The van der Waals surface area contributed by atoms with Crippen molar-refractivity contribution in [2.24, 2.45) is 0 Å². The van der Waals surface area contributed by atoms with E-state index in [9.17, 15) is 22.4 Å². The third-order valence-electron chi connectivity index (χ3n) is 1.76. The van der Waals surface area contributed by atoms with E-state index in [2.05, 4.69) is 11.3 Å². The Morgan fingerprint density at radius 3 is 2.35 bits per heavy atom. The van der Waals surface area contributed by atoms with Crippen LogP contribution >= 0.6 is 12.0 Å². The van der Waals surface area contributed by atoms with E-state index in [1.54, 1.807) is 0 Å². The topological polar surface area (TPSA) is 46.5 Å². The molecule has 0 radical (unpaired) electrons. The Morgan fingerprint density at radius 1 is 1.41 bits per heavy atom. The second-order valence-corrected chi connectivity index (χ2v) is 4.03. The van der Waals surface area contributed by atoms with E-state index in [0.717, 1.165) is 0 Å². The predicted molar refractivity (Wildman–Crippen MR) is 55.1 cm³/mol. The average molecular weight is 276 g/mol. The summed E-state index contributed by atoms with van der Waals surface area (Å²) in [6.07, 6.45) is -1.64. The van der Waals surface area contributed by atoms with E-state index in [4.69, 9.17) is 4.55 Å². The Hall–Kier alpha value is -0.760. The molecule has 1 N–H and O–H groups in total. The number of halogens is 4. The number of hydrogen-bond acceptors (Lipinski definition) is 4. The highest BCUT2D eigenvalue weighted by atomic mass is 32.2. The second kappa shape index (κ2) is 6.25. The van der Waals surface area contributed by atoms with Crippen LogP contribution in [0.1, 0.15) is 19.8 Å². The fraction of sp³-hybridized carbons (Fsp3) is 0.667. The van der Waals surface area contributed by atoms with Gasteiger partial charge in [-0.05, 0) is 13.3 Å². The van der Waals surface area contributed by atoms with Gasteiger partial charge in [0, 0.05) is 12.0 Å². The molecule has 0 aromatic carbocycles. The molecule has 8 heteroatoms. The van der Waals surface area contributed by atoms with Crippen molar-refractivity contribution in [1.29, 1.82) is 0 Å². The van der Waals surface area contributed by atoms with Gasteiger partial charge in [0.2, 0.25) is 0 Å². The Labute approximate surface area is 100 Å². The van der Waals surface area contributed by atoms with E-state index in [1.807, 2.05) is 0 Å². The highest BCUT2D eigenvalue weighted by Crippen LogP contribution is 2.44. The number of ether oxygens (including phenoxy) is 1. The van der Waals surface area contributed by atoms with Gasteiger partial charge in [-0.1, -0.05) is 6.58 Å². The van der Waals surface area contributed by atoms with E-state index in [1.165, 1.54) is 6.92 Å². The van der Waals surface area contributed by atoms with Crippen LogP contribution in [0.25, 0.3) is 0 Å². The van der Waals surface area contributed by atoms with Gasteiger partial charge in [-0.2, -0.15) is 17.6 Å². The summed E-state index contributed by atoms with van der Waals surface area (Å²) in [5.74, 6) is -5.13. The van der Waals surface area contributed by atoms with Crippen molar-refractivity contribution in [3.8, 4) is 0 Å². The molecule has 100 valence electrons. The van der Waals surface area contributed by atoms with Gasteiger partial charge < -0.3 is 9.29 Å². The first-order valence-corrected chi connectivity index (χ1v) is 5.32. The first-order valence-electron chi connectivity index (χ1n) is 4.55. The predicted octanol–water partition coefficient (Wildman–Crippen LogP) is 3.32. The maximum atomic E-state index is 12.8. The second-order valence-electron chi connectivity index (χ2n) is 3.33. The number of carbonyl (C=O) groups excluding carboxylic acids is 1. The fourth-order valence-electron chi connectivity index (χ4n) is 0.795. The molecule has 0 spiro atoms. The monoisotopic (exact) mass is 276 g/mol. The van der Waals surface area contributed by atoms with Crippen LogP contribution in [0.4, 0.5) is 17.6 Å². The minimum absolute atomic E-state index is 0.0907. The summed E-state index contributed by atoms with van der Waals surface area (Å²) in [5, 5.41) is -4.55. The summed E-state index contributed by atoms with van der Waals surface area (Å²) in [4.78, 5) is 10.8. The summed E-state index contributed by atoms with van der Waals surface area (Å²) in [6.45, 7) is 4.22. The lowest BCUT2D eigenvalue weighted by atomic mass is 10.2. The summed E-state index contributed by atoms with van der Waals surface area (Å²) in [6, 6.07) is 0. The maximum absolute atomic E-state index is 12.8. The fourth-order valence-corrected chi connectivity index (χ4v) is 1.03. The molecule has 0 rings (SSSR count). The van der Waals surface area contributed by atoms with Gasteiger partial charge in [-0.25, -0.2) is 4.79 Å². The van der Waals surface area contributed by atoms with E-state index in [-0.39, 0.29) is 5.57 Å². The highest BCUT2D eigenvalue weighted by Gasteiger charge is 2.56. The van der Waals surface area contributed by atoms with Crippen molar-refractivity contribution < 1.29 is 31.6 Å². The Morgan fingerprint density at radius 2 is 1.94 bits per heavy atom. The van der Waals surface area contributed by atoms with Gasteiger partial charge >= 0.3 is 17.1 Å². The number of hydrogen-bond donors (Lipinski definition) is 1. The molecular formula is C9H12F4O3S. The van der Waals surface area contributed by atoms with Crippen molar-refractivity contribution in [3.05, 3.63) is 12.2 Å². The van der Waals surface area contributed by atoms with E-state index >= 15 is 0 Å². The molecule has 0 aliphatic heterocycles. The minimum Gasteiger partial charge on any atom is -0.462 e. The van der Waals surface area contributed by atoms with Crippen LogP contribution in [0.5, 0.6) is 0 Å². The molecule has 0 aromatic rings. The Kier molecular flexibility index (Phi) is 5.97. The summed E-state index contributed by atoms with van der Waals surface area (Å²) >= 11 is -1.20. The smallest absolute Gasteiger partial charge is 0.379 e. The molecule has 0 atom stereocenters. The standard InChI is InChI=1S/C9H12F4O3S/c1-6(2)7(14)16-5-3-4-8(10,11)9(12,13)17-15/h15H,1,3-5H2,2H3. The van der Waals surface area contributed by atoms with E-state index < -0.39 is 48.6 Å². The number of carbonyl (C=O) groups is 1. The molecule has 0 saturated carbocycles. The van der Waals surface area contributed by atoms with Crippen LogP contribution in [0.15, 0.2) is 12.2 Å². The zero-order valence-electron chi connectivity index (χ0n) is 9.01. The van der Waals surface area contributed by atoms with Crippen LogP contribution in [-0.2, 0) is 9.53 Å². The van der Waals surface area contributed by atoms with Gasteiger partial charge in [-0.15, -0.1) is 0 Å². The van der Waals surface area contributed by atoms with Gasteiger partial charge in [-0.3, -0.25) is 0 Å². The summed E-state index contributed by atoms with van der Waals surface area (Å²) < 4.78 is 63.1. The number of rotatable bonds is 7. The van der Waals surface area contributed by atoms with Gasteiger partial charge in [0.25, 0.3) is 0 Å². The minimum atomic E-state index is -4.55. The van der Waals surface area contributed by atoms with Crippen molar-refractivity contribution >= 4 is 18.0 Å². The van der Waals surface area contributed by atoms with Crippen molar-refractivity contribution in [1.82, 2.24) is 0 Å². The van der Waals surface area contributed by atoms with Crippen LogP contribution in [-0.4, -0.2) is 28.3 Å². The number of alkyl halides is 4. The molecule has 0 aliphatic carbocycles. The molecule has 0 heterocycles. The van der Waals surface area contributed by atoms with Gasteiger partial charge in [0.05, 0.1) is 18.6 Å². The SMILES string of the molecule is C=C(C)C(=O)OCCCC(F)(F)C(F)(F)SO. The Balaban J connectivity index is 4.05. The van der Waals surface area contributed by atoms with Gasteiger partial charge in [0.1, 0.15) is 0 Å². The summed E-state index contributed by atoms with van der Waals surface area (Å²) in [5.41, 5.74) is 0.0907. The third-order valence-corrected chi connectivity index (χ3v) is 2.29. The first-order chi connectivity index (χ1) is 7.64. The van der Waals surface area contributed by atoms with Crippen molar-refractivity contribution in [2.45, 2.75) is 30.9 Å². The molecule has 17 heavy (non-hydrogen) atoms. The lowest BCUT2D eigenvalue weighted by Crippen LogP contribution is -2.37. The normalized spacial score (nSPS) is 12.4. The van der Waals surface area contributed by atoms with Gasteiger partial charge in [0.15, 0.2) is 0 Å². The van der Waals surface area contributed by atoms with Crippen LogP contribution in [0.3, 0.4) is 0 Å². The lowest BCUT2D eigenvalue weighted by molar-refractivity contribution is -0.161. The third kappa shape index (κ3) is 4.95. The Bertz CT molecular complexity index is 294. The number of esters is 1. The van der Waals surface area contributed by atoms with E-state index in [0.29, 0.717) is 0 Å². The maximum Gasteiger partial charge on any atom is 0.379 e. The van der Waals surface area contributed by atoms with Crippen LogP contribution in [0, 0.1) is 0 Å². The molecular weight excluding hydrogens is 264 g/mol. The zero-order chi connectivity index (χ0) is 13.7. The molecule has 0 saturated heterocycles. The molecule has 0 aromatic heterocycles. The van der Waals surface area contributed by atoms with Crippen LogP contribution in [0.2, 0.25) is 0 Å². The quantitative estimate of drug-likeness (QED) is 0.255. The lowest BCUT2D eigenvalue weighted by Gasteiger charge is -2.23. The molecule has 0 unspecified atom stereocenters. The average Bonchev–Trinajstić information content (AvgIpc) is 2.23. The molecule has 0 amide bonds.